The third kappa shape index (κ3) is 2.92. The third-order valence-electron chi connectivity index (χ3n) is 3.99. The lowest BCUT2D eigenvalue weighted by Gasteiger charge is -2.32. The van der Waals surface area contributed by atoms with Crippen LogP contribution in [0.2, 0.25) is 5.02 Å². The zero-order valence-electron chi connectivity index (χ0n) is 10.6. The van der Waals surface area contributed by atoms with Gasteiger partial charge in [0.1, 0.15) is 11.6 Å². The van der Waals surface area contributed by atoms with E-state index in [1.165, 1.54) is 18.6 Å². The quantitative estimate of drug-likeness (QED) is 0.785. The first kappa shape index (κ1) is 13.5. The lowest BCUT2D eigenvalue weighted by molar-refractivity contribution is -0.128. The number of hydrogen-bond donors (Lipinski definition) is 0. The molecule has 0 N–H and O–H groups in total. The Balaban J connectivity index is 2.13. The van der Waals surface area contributed by atoms with Gasteiger partial charge in [0.15, 0.2) is 0 Å². The Labute approximate surface area is 112 Å². The highest BCUT2D eigenvalue weighted by Gasteiger charge is 2.34. The number of ketones is 1. The molecule has 0 aromatic heterocycles. The van der Waals surface area contributed by atoms with Gasteiger partial charge in [0, 0.05) is 16.9 Å². The van der Waals surface area contributed by atoms with E-state index in [0.29, 0.717) is 10.6 Å². The topological polar surface area (TPSA) is 17.1 Å². The Hall–Kier alpha value is -0.890. The number of benzene rings is 1. The van der Waals surface area contributed by atoms with Crippen LogP contribution >= 0.6 is 11.6 Å². The van der Waals surface area contributed by atoms with Gasteiger partial charge in [-0.05, 0) is 36.6 Å². The zero-order chi connectivity index (χ0) is 13.2. The molecule has 1 fully saturated rings. The number of rotatable bonds is 3. The molecule has 1 aromatic carbocycles. The summed E-state index contributed by atoms with van der Waals surface area (Å²) < 4.78 is 13.6. The van der Waals surface area contributed by atoms with Crippen LogP contribution in [0.25, 0.3) is 0 Å². The third-order valence-corrected chi connectivity index (χ3v) is 4.22. The van der Waals surface area contributed by atoms with E-state index in [4.69, 9.17) is 11.6 Å². The normalized spacial score (nSPS) is 18.6. The van der Waals surface area contributed by atoms with E-state index in [0.717, 1.165) is 25.7 Å². The van der Waals surface area contributed by atoms with Crippen molar-refractivity contribution >= 4 is 17.4 Å². The van der Waals surface area contributed by atoms with Gasteiger partial charge in [-0.25, -0.2) is 4.39 Å². The highest BCUT2D eigenvalue weighted by molar-refractivity contribution is 6.30. The average molecular weight is 269 g/mol. The van der Waals surface area contributed by atoms with Gasteiger partial charge >= 0.3 is 0 Å². The second kappa shape index (κ2) is 5.40. The first-order valence-electron chi connectivity index (χ1n) is 6.48. The van der Waals surface area contributed by atoms with Crippen LogP contribution in [0.5, 0.6) is 0 Å². The molecule has 0 bridgehead atoms. The van der Waals surface area contributed by atoms with Crippen molar-refractivity contribution < 1.29 is 9.18 Å². The fourth-order valence-corrected chi connectivity index (χ4v) is 2.87. The lowest BCUT2D eigenvalue weighted by atomic mass is 9.71. The maximum Gasteiger partial charge on any atom is 0.143 e. The van der Waals surface area contributed by atoms with Crippen LogP contribution in [0.15, 0.2) is 18.2 Å². The monoisotopic (exact) mass is 268 g/mol. The molecule has 2 rings (SSSR count). The zero-order valence-corrected chi connectivity index (χ0v) is 11.4. The van der Waals surface area contributed by atoms with E-state index in [9.17, 15) is 9.18 Å². The van der Waals surface area contributed by atoms with Gasteiger partial charge in [-0.15, -0.1) is 0 Å². The maximum atomic E-state index is 13.6. The van der Waals surface area contributed by atoms with Gasteiger partial charge in [-0.2, -0.15) is 0 Å². The van der Waals surface area contributed by atoms with E-state index in [1.54, 1.807) is 6.07 Å². The molecule has 3 heteroatoms. The second-order valence-corrected chi connectivity index (χ2v) is 5.89. The molecule has 0 aliphatic heterocycles. The van der Waals surface area contributed by atoms with E-state index in [1.807, 2.05) is 6.92 Å². The van der Waals surface area contributed by atoms with Crippen molar-refractivity contribution in [3.8, 4) is 0 Å². The fourth-order valence-electron chi connectivity index (χ4n) is 2.68. The minimum atomic E-state index is -0.341. The molecule has 0 atom stereocenters. The van der Waals surface area contributed by atoms with Gasteiger partial charge in [0.2, 0.25) is 0 Å². The molecule has 1 saturated carbocycles. The molecule has 0 radical (unpaired) electrons. The van der Waals surface area contributed by atoms with E-state index in [2.05, 4.69) is 0 Å². The Morgan fingerprint density at radius 2 is 2.00 bits per heavy atom. The summed E-state index contributed by atoms with van der Waals surface area (Å²) in [4.78, 5) is 12.3. The second-order valence-electron chi connectivity index (χ2n) is 5.46. The predicted octanol–water partition coefficient (Wildman–Crippen LogP) is 4.56. The van der Waals surface area contributed by atoms with Crippen molar-refractivity contribution in [1.29, 1.82) is 0 Å². The van der Waals surface area contributed by atoms with Crippen LogP contribution in [0.4, 0.5) is 4.39 Å². The molecule has 0 saturated heterocycles. The number of Topliss-reactive ketones (excluding diaryl/α,β-unsaturated/α-hetero) is 1. The van der Waals surface area contributed by atoms with Crippen molar-refractivity contribution in [1.82, 2.24) is 0 Å². The Morgan fingerprint density at radius 1 is 1.33 bits per heavy atom. The van der Waals surface area contributed by atoms with E-state index < -0.39 is 0 Å². The summed E-state index contributed by atoms with van der Waals surface area (Å²) in [6, 6.07) is 4.39. The largest absolute Gasteiger partial charge is 0.299 e. The molecule has 0 spiro atoms. The molecule has 98 valence electrons. The van der Waals surface area contributed by atoms with Crippen molar-refractivity contribution in [3.63, 3.8) is 0 Å². The van der Waals surface area contributed by atoms with Crippen molar-refractivity contribution in [2.24, 2.45) is 5.41 Å². The number of hydrogen-bond acceptors (Lipinski definition) is 1. The van der Waals surface area contributed by atoms with Gasteiger partial charge in [-0.3, -0.25) is 4.79 Å². The maximum absolute atomic E-state index is 13.6. The first-order chi connectivity index (χ1) is 8.51. The summed E-state index contributed by atoms with van der Waals surface area (Å²) in [7, 11) is 0. The summed E-state index contributed by atoms with van der Waals surface area (Å²) in [5.41, 5.74) is 0.145. The lowest BCUT2D eigenvalue weighted by Crippen LogP contribution is -2.31. The fraction of sp³-hybridized carbons (Fsp3) is 0.533. The minimum Gasteiger partial charge on any atom is -0.299 e. The summed E-state index contributed by atoms with van der Waals surface area (Å²) in [6.45, 7) is 2.01. The summed E-state index contributed by atoms with van der Waals surface area (Å²) in [6.07, 6.45) is 5.40. The van der Waals surface area contributed by atoms with Crippen LogP contribution in [0.3, 0.4) is 0 Å². The highest BCUT2D eigenvalue weighted by Crippen LogP contribution is 2.37. The molecule has 1 aliphatic rings. The number of carbonyl (C=O) groups is 1. The molecule has 1 aromatic rings. The molecule has 0 heterocycles. The highest BCUT2D eigenvalue weighted by atomic mass is 35.5. The summed E-state index contributed by atoms with van der Waals surface area (Å²) >= 11 is 5.84. The smallest absolute Gasteiger partial charge is 0.143 e. The molecular weight excluding hydrogens is 251 g/mol. The number of carbonyl (C=O) groups excluding carboxylic acids is 1. The van der Waals surface area contributed by atoms with Crippen LogP contribution < -0.4 is 0 Å². The minimum absolute atomic E-state index is 0.142. The van der Waals surface area contributed by atoms with Gasteiger partial charge in [-0.1, -0.05) is 37.8 Å². The first-order valence-corrected chi connectivity index (χ1v) is 6.86. The SMILES string of the molecule is CC1(C(=O)Cc2cc(Cl)ccc2F)CCCCC1. The van der Waals surface area contributed by atoms with Crippen LogP contribution in [-0.2, 0) is 11.2 Å². The molecule has 0 unspecified atom stereocenters. The molecular formula is C15H18ClFO. The van der Waals surface area contributed by atoms with Gasteiger partial charge < -0.3 is 0 Å². The summed E-state index contributed by atoms with van der Waals surface area (Å²) in [5.74, 6) is -0.199. The van der Waals surface area contributed by atoms with Crippen molar-refractivity contribution in [2.45, 2.75) is 45.4 Å². The van der Waals surface area contributed by atoms with Crippen LogP contribution in [-0.4, -0.2) is 5.78 Å². The molecule has 1 aliphatic carbocycles. The predicted molar refractivity (Wildman–Crippen MR) is 71.3 cm³/mol. The van der Waals surface area contributed by atoms with Crippen molar-refractivity contribution in [2.75, 3.05) is 0 Å². The Morgan fingerprint density at radius 3 is 2.67 bits per heavy atom. The molecule has 0 amide bonds. The Bertz CT molecular complexity index is 450. The van der Waals surface area contributed by atoms with Gasteiger partial charge in [0.05, 0.1) is 0 Å². The average Bonchev–Trinajstić information content (AvgIpc) is 2.35. The van der Waals surface area contributed by atoms with Crippen molar-refractivity contribution in [3.05, 3.63) is 34.6 Å². The van der Waals surface area contributed by atoms with E-state index >= 15 is 0 Å². The van der Waals surface area contributed by atoms with E-state index in [-0.39, 0.29) is 23.4 Å². The number of halogens is 2. The van der Waals surface area contributed by atoms with Gasteiger partial charge in [0.25, 0.3) is 0 Å². The van der Waals surface area contributed by atoms with Crippen LogP contribution in [0.1, 0.15) is 44.6 Å². The Kier molecular flexibility index (Phi) is 4.06. The molecule has 18 heavy (non-hydrogen) atoms. The summed E-state index contributed by atoms with van der Waals surface area (Å²) in [5, 5.41) is 0.480. The standard InChI is InChI=1S/C15H18ClFO/c1-15(7-3-2-4-8-15)14(18)10-11-9-12(16)5-6-13(11)17/h5-6,9H,2-4,7-8,10H2,1H3. The molecule has 1 nitrogen and oxygen atoms in total. The van der Waals surface area contributed by atoms with Crippen LogP contribution in [0, 0.1) is 11.2 Å².